The fourth-order valence-electron chi connectivity index (χ4n) is 8.24. The summed E-state index contributed by atoms with van der Waals surface area (Å²) in [7, 11) is 0. The number of amides is 7. The number of Topliss-reactive ketones (excluding diaryl/α,β-unsaturated/α-hetero) is 1. The zero-order valence-electron chi connectivity index (χ0n) is 44.0. The maximum Gasteiger partial charge on any atom is 0.416 e. The molecule has 0 aliphatic carbocycles. The van der Waals surface area contributed by atoms with E-state index in [1.165, 1.54) is 24.0 Å². The van der Waals surface area contributed by atoms with Crippen molar-refractivity contribution in [3.05, 3.63) is 47.0 Å². The molecule has 1 aromatic carbocycles. The largest absolute Gasteiger partial charge is 0.478 e. The first-order chi connectivity index (χ1) is 36.9. The second-order valence-electron chi connectivity index (χ2n) is 18.8. The van der Waals surface area contributed by atoms with Gasteiger partial charge >= 0.3 is 12.1 Å². The van der Waals surface area contributed by atoms with Crippen LogP contribution in [0.5, 0.6) is 0 Å². The Bertz CT molecular complexity index is 2220. The van der Waals surface area contributed by atoms with Crippen LogP contribution in [0.1, 0.15) is 102 Å². The Labute approximate surface area is 450 Å². The van der Waals surface area contributed by atoms with Crippen LogP contribution in [0.2, 0.25) is 0 Å². The average molecular weight is 1110 g/mol. The van der Waals surface area contributed by atoms with Gasteiger partial charge in [-0.3, -0.25) is 43.8 Å². The van der Waals surface area contributed by atoms with E-state index >= 15 is 0 Å². The van der Waals surface area contributed by atoms with Crippen molar-refractivity contribution in [2.75, 3.05) is 45.8 Å². The SMILES string of the molecule is C[C@H](NC(=O)[C@@H](NC(=O)[C@@H](N)CCCCN)[C@@H](O)CN)C(=O)NCC(=O)N[C@H](CCCN)C(=O)N1CCC[C@H]1C(=O)N[C@@H](Cc1cccc(C(F)(F)F)c1)C(=O)N[C@@H](CCCCN)C(=O)CC/C(=C\CCNC(=N)N)C(=O)O. The lowest BCUT2D eigenvalue weighted by molar-refractivity contribution is -0.142. The number of ketones is 1. The van der Waals surface area contributed by atoms with Gasteiger partial charge in [0.25, 0.3) is 0 Å². The number of benzene rings is 1. The fourth-order valence-corrected chi connectivity index (χ4v) is 8.24. The van der Waals surface area contributed by atoms with E-state index in [9.17, 15) is 66.5 Å². The van der Waals surface area contributed by atoms with Gasteiger partial charge in [0.05, 0.1) is 30.3 Å². The van der Waals surface area contributed by atoms with E-state index < -0.39 is 133 Å². The number of nitrogens with zero attached hydrogens (tertiary/aromatic N) is 1. The van der Waals surface area contributed by atoms with E-state index in [2.05, 4.69) is 37.2 Å². The second-order valence-corrected chi connectivity index (χ2v) is 18.8. The summed E-state index contributed by atoms with van der Waals surface area (Å²) in [5, 5.41) is 44.7. The van der Waals surface area contributed by atoms with Crippen molar-refractivity contribution in [3.8, 4) is 0 Å². The first-order valence-corrected chi connectivity index (χ1v) is 25.9. The highest BCUT2D eigenvalue weighted by atomic mass is 19.4. The molecule has 1 saturated heterocycles. The Balaban J connectivity index is 2.31. The zero-order chi connectivity index (χ0) is 58.5. The molecule has 1 aromatic rings. The highest BCUT2D eigenvalue weighted by molar-refractivity contribution is 5.98. The van der Waals surface area contributed by atoms with Gasteiger partial charge in [0.15, 0.2) is 11.7 Å². The van der Waals surface area contributed by atoms with E-state index in [-0.39, 0.29) is 101 Å². The van der Waals surface area contributed by atoms with Gasteiger partial charge in [-0.2, -0.15) is 13.2 Å². The molecule has 7 amide bonds. The van der Waals surface area contributed by atoms with Gasteiger partial charge in [0.1, 0.15) is 30.2 Å². The molecule has 1 fully saturated rings. The number of unbranched alkanes of at least 4 members (excludes halogenated alkanes) is 2. The molecule has 0 saturated carbocycles. The molecule has 438 valence electrons. The number of aliphatic hydroxyl groups excluding tert-OH is 1. The first-order valence-electron chi connectivity index (χ1n) is 25.9. The molecule has 0 aromatic heterocycles. The van der Waals surface area contributed by atoms with Crippen molar-refractivity contribution in [2.45, 2.75) is 151 Å². The normalized spacial score (nSPS) is 16.3. The van der Waals surface area contributed by atoms with Crippen LogP contribution in [0.15, 0.2) is 35.9 Å². The number of alkyl halides is 3. The highest BCUT2D eigenvalue weighted by Crippen LogP contribution is 2.30. The van der Waals surface area contributed by atoms with Crippen molar-refractivity contribution >= 4 is 59.1 Å². The third kappa shape index (κ3) is 23.8. The van der Waals surface area contributed by atoms with Crippen LogP contribution in [0, 0.1) is 5.41 Å². The number of rotatable bonds is 36. The molecule has 26 nitrogen and oxygen atoms in total. The van der Waals surface area contributed by atoms with Crippen molar-refractivity contribution in [3.63, 3.8) is 0 Å². The van der Waals surface area contributed by atoms with Gasteiger partial charge in [0.2, 0.25) is 41.4 Å². The van der Waals surface area contributed by atoms with E-state index in [4.69, 9.17) is 39.8 Å². The highest BCUT2D eigenvalue weighted by Gasteiger charge is 2.40. The Morgan fingerprint density at radius 1 is 0.795 bits per heavy atom. The number of aliphatic hydroxyl groups is 1. The number of carboxylic acid groups (broad SMARTS) is 1. The second kappa shape index (κ2) is 34.9. The summed E-state index contributed by atoms with van der Waals surface area (Å²) < 4.78 is 41.5. The summed E-state index contributed by atoms with van der Waals surface area (Å²) in [5.74, 6) is -8.27. The predicted molar refractivity (Wildman–Crippen MR) is 280 cm³/mol. The van der Waals surface area contributed by atoms with Gasteiger partial charge in [-0.25, -0.2) is 4.79 Å². The van der Waals surface area contributed by atoms with Gasteiger partial charge in [-0.05, 0) is 109 Å². The quantitative estimate of drug-likeness (QED) is 0.0135. The van der Waals surface area contributed by atoms with Gasteiger partial charge < -0.3 is 86.7 Å². The number of likely N-dealkylation sites (tertiary alicyclic amines) is 1. The number of hydrogen-bond donors (Lipinski definition) is 16. The number of guanidine groups is 1. The number of hydrogen-bond acceptors (Lipinski definition) is 16. The lowest BCUT2D eigenvalue weighted by atomic mass is 9.97. The molecule has 2 rings (SSSR count). The maximum absolute atomic E-state index is 14.2. The molecule has 1 aliphatic heterocycles. The third-order valence-corrected chi connectivity index (χ3v) is 12.6. The van der Waals surface area contributed by atoms with Crippen molar-refractivity contribution in [2.24, 2.45) is 34.4 Å². The van der Waals surface area contributed by atoms with Crippen LogP contribution in [0.25, 0.3) is 0 Å². The monoisotopic (exact) mass is 1110 g/mol. The molecule has 1 heterocycles. The molecule has 0 radical (unpaired) electrons. The van der Waals surface area contributed by atoms with Crippen LogP contribution in [0.3, 0.4) is 0 Å². The topological polar surface area (TPSA) is 462 Å². The predicted octanol–water partition coefficient (Wildman–Crippen LogP) is -3.32. The van der Waals surface area contributed by atoms with E-state index in [0.717, 1.165) is 18.2 Å². The van der Waals surface area contributed by atoms with E-state index in [1.54, 1.807) is 0 Å². The number of halogens is 3. The molecular weight excluding hydrogens is 1030 g/mol. The molecule has 78 heavy (non-hydrogen) atoms. The summed E-state index contributed by atoms with van der Waals surface area (Å²) in [6.45, 7) is 0.948. The summed E-state index contributed by atoms with van der Waals surface area (Å²) in [4.78, 5) is 122. The lowest BCUT2D eigenvalue weighted by Gasteiger charge is -2.30. The van der Waals surface area contributed by atoms with E-state index in [0.29, 0.717) is 32.2 Å². The van der Waals surface area contributed by atoms with Crippen LogP contribution < -0.4 is 71.6 Å². The number of nitrogens with two attached hydrogens (primary N) is 6. The fraction of sp³-hybridized carbons (Fsp3) is 0.633. The van der Waals surface area contributed by atoms with E-state index in [1.807, 2.05) is 0 Å². The van der Waals surface area contributed by atoms with Crippen LogP contribution >= 0.6 is 0 Å². The first kappa shape index (κ1) is 67.3. The summed E-state index contributed by atoms with van der Waals surface area (Å²) in [5.41, 5.74) is 32.5. The Hall–Kier alpha value is -6.79. The number of nitrogens with one attached hydrogen (secondary N) is 8. The van der Waals surface area contributed by atoms with Crippen molar-refractivity contribution in [1.29, 1.82) is 5.41 Å². The van der Waals surface area contributed by atoms with Crippen molar-refractivity contribution < 1.29 is 66.5 Å². The van der Waals surface area contributed by atoms with Crippen LogP contribution in [0.4, 0.5) is 13.2 Å². The molecule has 22 N–H and O–H groups in total. The standard InChI is InChI=1S/C49H80F3N15O11/c1-28(62-45(75)40(38(69)26-56)66-42(72)32(57)13-2-4-19-53)41(71)61-27-39(70)63-34(15-7-21-55)46(76)67-23-9-16-36(67)44(74)65-35(25-29-10-6-12-31(24-29)49(50,51)52)43(73)64-33(14-3-5-20-54)37(68)18-17-30(47(77)78)11-8-22-60-48(58)59/h6,10-12,24,28,32-36,38,40,69H,2-5,7-9,13-23,25-27,53-57H2,1H3,(H,61,71)(H,62,75)(H,63,70)(H,64,73)(H,65,74)(H,66,72)(H,77,78)(H4,58,59,60)/b30-11+/t28-,32-,33-,34+,35-,36-,38-,40-/m0/s1. The molecule has 0 unspecified atom stereocenters. The third-order valence-electron chi connectivity index (χ3n) is 12.6. The van der Waals surface area contributed by atoms with Crippen molar-refractivity contribution in [1.82, 2.24) is 42.1 Å². The average Bonchev–Trinajstić information content (AvgIpc) is 3.89. The summed E-state index contributed by atoms with van der Waals surface area (Å²) in [6.07, 6.45) is -3.23. The molecule has 0 bridgehead atoms. The Morgan fingerprint density at radius 2 is 1.45 bits per heavy atom. The molecule has 0 spiro atoms. The van der Waals surface area contributed by atoms with Gasteiger partial charge in [0, 0.05) is 38.0 Å². The Kier molecular flexibility index (Phi) is 30.1. The van der Waals surface area contributed by atoms with Crippen LogP contribution in [-0.4, -0.2) is 168 Å². The number of carbonyl (C=O) groups is 9. The summed E-state index contributed by atoms with van der Waals surface area (Å²) >= 11 is 0. The Morgan fingerprint density at radius 3 is 2.06 bits per heavy atom. The minimum absolute atomic E-state index is 0.00259. The lowest BCUT2D eigenvalue weighted by Crippen LogP contribution is -2.60. The van der Waals surface area contributed by atoms with Gasteiger partial charge in [-0.1, -0.05) is 30.7 Å². The minimum atomic E-state index is -4.77. The maximum atomic E-state index is 14.2. The molecular formula is C49H80F3N15O11. The number of carbonyl (C=O) groups excluding carboxylic acids is 8. The number of aliphatic carboxylic acids is 1. The van der Waals surface area contributed by atoms with Crippen LogP contribution in [-0.2, 0) is 55.7 Å². The number of carboxylic acids is 1. The minimum Gasteiger partial charge on any atom is -0.478 e. The van der Waals surface area contributed by atoms with Gasteiger partial charge in [-0.15, -0.1) is 0 Å². The molecule has 8 atom stereocenters. The zero-order valence-corrected chi connectivity index (χ0v) is 44.0. The summed E-state index contributed by atoms with van der Waals surface area (Å²) in [6, 6.07) is -5.34. The smallest absolute Gasteiger partial charge is 0.416 e. The molecule has 1 aliphatic rings. The molecule has 29 heteroatoms.